The van der Waals surface area contributed by atoms with E-state index in [1.54, 1.807) is 18.1 Å². The second-order valence-electron chi connectivity index (χ2n) is 11.0. The molecule has 1 aliphatic carbocycles. The number of ether oxygens (including phenoxy) is 1. The highest BCUT2D eigenvalue weighted by molar-refractivity contribution is 7.98. The zero-order chi connectivity index (χ0) is 27.8. The van der Waals surface area contributed by atoms with Crippen LogP contribution in [0.15, 0.2) is 67.0 Å². The van der Waals surface area contributed by atoms with Gasteiger partial charge >= 0.3 is 0 Å². The predicted molar refractivity (Wildman–Crippen MR) is 169 cm³/mol. The molecule has 2 unspecified atom stereocenters. The van der Waals surface area contributed by atoms with Crippen LogP contribution in [0.1, 0.15) is 54.2 Å². The number of aliphatic hydroxyl groups is 1. The summed E-state index contributed by atoms with van der Waals surface area (Å²) in [7, 11) is 0. The summed E-state index contributed by atoms with van der Waals surface area (Å²) in [6, 6.07) is 20.2. The maximum absolute atomic E-state index is 14.3. The number of benzene rings is 2. The van der Waals surface area contributed by atoms with Crippen LogP contribution < -0.4 is 5.32 Å². The topological polar surface area (TPSA) is 79.6 Å². The predicted octanol–water partition coefficient (Wildman–Crippen LogP) is 5.24. The van der Waals surface area contributed by atoms with Gasteiger partial charge in [-0.3, -0.25) is 4.79 Å². The Kier molecular flexibility index (Phi) is 11.7. The van der Waals surface area contributed by atoms with E-state index in [9.17, 15) is 9.90 Å². The van der Waals surface area contributed by atoms with Crippen LogP contribution in [0.4, 0.5) is 0 Å². The van der Waals surface area contributed by atoms with E-state index in [1.807, 2.05) is 53.4 Å². The van der Waals surface area contributed by atoms with Gasteiger partial charge < -0.3 is 24.6 Å². The number of thioether (sulfide) groups is 1. The number of rotatable bonds is 11. The van der Waals surface area contributed by atoms with Gasteiger partial charge in [0.1, 0.15) is 5.60 Å². The molecule has 0 spiro atoms. The van der Waals surface area contributed by atoms with Gasteiger partial charge in [-0.2, -0.15) is 11.8 Å². The molecule has 9 heteroatoms. The minimum atomic E-state index is -1.01. The van der Waals surface area contributed by atoms with Gasteiger partial charge in [0.25, 0.3) is 5.91 Å². The van der Waals surface area contributed by atoms with Gasteiger partial charge in [-0.1, -0.05) is 73.5 Å². The van der Waals surface area contributed by atoms with E-state index < -0.39 is 5.60 Å². The highest BCUT2D eigenvalue weighted by Crippen LogP contribution is 2.41. The molecule has 2 aromatic carbocycles. The van der Waals surface area contributed by atoms with Crippen LogP contribution in [0, 0.1) is 0 Å². The highest BCUT2D eigenvalue weighted by Gasteiger charge is 2.42. The number of carbonyl (C=O) groups is 1. The number of amides is 1. The van der Waals surface area contributed by atoms with E-state index in [0.29, 0.717) is 31.9 Å². The Morgan fingerprint density at radius 2 is 1.90 bits per heavy atom. The van der Waals surface area contributed by atoms with Crippen LogP contribution >= 0.6 is 24.2 Å². The standard InChI is InChI=1S/C32H42N4O3S.ClH/c1-40-20-10-19-39-23-32(38)16-9-8-15-28(32)36-24-34-29(30(36)26-13-6-3-7-14-26)31(37)35-18-17-33-22-27(35)21-25-11-4-2-5-12-25;/h2-7,11-14,24,27-28,33,38H,8-10,15-23H2,1H3;1H/t27-,28?,32?;/m1./s1. The number of piperazine rings is 1. The van der Waals surface area contributed by atoms with Crippen molar-refractivity contribution < 1.29 is 14.6 Å². The molecule has 2 N–H and O–H groups in total. The molecule has 5 rings (SSSR count). The SMILES string of the molecule is CSCCCOCC1(O)CCCCC1n1cnc(C(=O)N2CCNC[C@H]2Cc2ccccc2)c1-c1ccccc1.Cl. The summed E-state index contributed by atoms with van der Waals surface area (Å²) in [6.45, 7) is 3.07. The summed E-state index contributed by atoms with van der Waals surface area (Å²) in [5.74, 6) is 0.997. The zero-order valence-electron chi connectivity index (χ0n) is 23.9. The fourth-order valence-corrected chi connectivity index (χ4v) is 6.60. The summed E-state index contributed by atoms with van der Waals surface area (Å²) in [4.78, 5) is 21.0. The van der Waals surface area contributed by atoms with Crippen molar-refractivity contribution in [3.05, 3.63) is 78.2 Å². The second-order valence-corrected chi connectivity index (χ2v) is 12.0. The first-order valence-corrected chi connectivity index (χ1v) is 16.0. The van der Waals surface area contributed by atoms with Crippen molar-refractivity contribution in [3.63, 3.8) is 0 Å². The Morgan fingerprint density at radius 3 is 2.66 bits per heavy atom. The Morgan fingerprint density at radius 1 is 1.15 bits per heavy atom. The van der Waals surface area contributed by atoms with Crippen molar-refractivity contribution in [2.24, 2.45) is 0 Å². The first-order valence-electron chi connectivity index (χ1n) is 14.6. The van der Waals surface area contributed by atoms with Crippen molar-refractivity contribution in [2.75, 3.05) is 44.9 Å². The van der Waals surface area contributed by atoms with E-state index >= 15 is 0 Å². The largest absolute Gasteiger partial charge is 0.385 e. The van der Waals surface area contributed by atoms with E-state index in [-0.39, 0.29) is 30.4 Å². The Bertz CT molecular complexity index is 1230. The Balaban J connectivity index is 0.00000387. The first-order chi connectivity index (χ1) is 19.6. The molecule has 7 nitrogen and oxygen atoms in total. The normalized spacial score (nSPS) is 22.7. The molecule has 3 atom stereocenters. The van der Waals surface area contributed by atoms with Gasteiger partial charge in [0.2, 0.25) is 0 Å². The van der Waals surface area contributed by atoms with E-state index in [0.717, 1.165) is 62.2 Å². The lowest BCUT2D eigenvalue weighted by Crippen LogP contribution is -2.54. The number of nitrogens with zero attached hydrogens (tertiary/aromatic N) is 3. The van der Waals surface area contributed by atoms with Gasteiger partial charge in [0.05, 0.1) is 24.7 Å². The number of carbonyl (C=O) groups excluding carboxylic acids is 1. The van der Waals surface area contributed by atoms with Gasteiger partial charge in [-0.25, -0.2) is 4.98 Å². The smallest absolute Gasteiger partial charge is 0.275 e. The number of hydrogen-bond donors (Lipinski definition) is 2. The fraction of sp³-hybridized carbons (Fsp3) is 0.500. The van der Waals surface area contributed by atoms with Crippen LogP contribution in [-0.4, -0.2) is 82.0 Å². The lowest BCUT2D eigenvalue weighted by Gasteiger charge is -2.41. The summed E-state index contributed by atoms with van der Waals surface area (Å²) in [5, 5.41) is 15.4. The van der Waals surface area contributed by atoms with Crippen molar-refractivity contribution in [1.29, 1.82) is 0 Å². The molecular weight excluding hydrogens is 556 g/mol. The number of aromatic nitrogens is 2. The molecular formula is C32H43ClN4O3S. The Labute approximate surface area is 254 Å². The highest BCUT2D eigenvalue weighted by atomic mass is 35.5. The molecule has 0 bridgehead atoms. The molecule has 1 amide bonds. The van der Waals surface area contributed by atoms with E-state index in [4.69, 9.17) is 9.72 Å². The summed E-state index contributed by atoms with van der Waals surface area (Å²) >= 11 is 1.81. The summed E-state index contributed by atoms with van der Waals surface area (Å²) < 4.78 is 8.09. The molecule has 1 saturated heterocycles. The maximum Gasteiger partial charge on any atom is 0.275 e. The summed E-state index contributed by atoms with van der Waals surface area (Å²) in [6.07, 6.45) is 9.10. The van der Waals surface area contributed by atoms with Crippen molar-refractivity contribution >= 4 is 30.1 Å². The molecule has 222 valence electrons. The molecule has 2 aliphatic rings. The van der Waals surface area contributed by atoms with Crippen molar-refractivity contribution in [2.45, 2.75) is 56.2 Å². The molecule has 1 aliphatic heterocycles. The molecule has 1 aromatic heterocycles. The monoisotopic (exact) mass is 598 g/mol. The molecule has 3 aromatic rings. The average Bonchev–Trinajstić information content (AvgIpc) is 3.43. The zero-order valence-corrected chi connectivity index (χ0v) is 25.5. The molecule has 41 heavy (non-hydrogen) atoms. The van der Waals surface area contributed by atoms with Crippen LogP contribution in [0.3, 0.4) is 0 Å². The third-order valence-corrected chi connectivity index (χ3v) is 8.95. The molecule has 2 heterocycles. The van der Waals surface area contributed by atoms with Crippen LogP contribution in [-0.2, 0) is 11.2 Å². The maximum atomic E-state index is 14.3. The number of imidazole rings is 1. The molecule has 2 fully saturated rings. The van der Waals surface area contributed by atoms with Gasteiger partial charge in [-0.05, 0) is 43.3 Å². The summed E-state index contributed by atoms with van der Waals surface area (Å²) in [5.41, 5.74) is 2.39. The van der Waals surface area contributed by atoms with Crippen LogP contribution in [0.25, 0.3) is 11.3 Å². The van der Waals surface area contributed by atoms with Gasteiger partial charge in [0, 0.05) is 37.8 Å². The third-order valence-electron chi connectivity index (χ3n) is 8.25. The first kappa shape index (κ1) is 31.6. The number of hydrogen-bond acceptors (Lipinski definition) is 6. The van der Waals surface area contributed by atoms with Crippen molar-refractivity contribution in [3.8, 4) is 11.3 Å². The molecule has 1 saturated carbocycles. The second kappa shape index (κ2) is 15.2. The lowest BCUT2D eigenvalue weighted by atomic mass is 9.80. The lowest BCUT2D eigenvalue weighted by molar-refractivity contribution is -0.0989. The van der Waals surface area contributed by atoms with Crippen LogP contribution in [0.2, 0.25) is 0 Å². The fourth-order valence-electron chi connectivity index (χ4n) is 6.19. The minimum Gasteiger partial charge on any atom is -0.385 e. The average molecular weight is 599 g/mol. The molecule has 0 radical (unpaired) electrons. The van der Waals surface area contributed by atoms with Gasteiger partial charge in [-0.15, -0.1) is 12.4 Å². The number of nitrogens with one attached hydrogen (secondary N) is 1. The Hall–Kier alpha value is -2.36. The van der Waals surface area contributed by atoms with Crippen LogP contribution in [0.5, 0.6) is 0 Å². The minimum absolute atomic E-state index is 0. The van der Waals surface area contributed by atoms with Crippen molar-refractivity contribution in [1.82, 2.24) is 19.8 Å². The quantitative estimate of drug-likeness (QED) is 0.294. The van der Waals surface area contributed by atoms with Gasteiger partial charge in [0.15, 0.2) is 5.69 Å². The number of halogens is 1. The van der Waals surface area contributed by atoms with E-state index in [1.165, 1.54) is 5.56 Å². The van der Waals surface area contributed by atoms with E-state index in [2.05, 4.69) is 28.3 Å². The third kappa shape index (κ3) is 7.54.